The normalized spacial score (nSPS) is 12.6. The maximum atomic E-state index is 7.51. The van der Waals surface area contributed by atoms with Crippen molar-refractivity contribution in [1.29, 1.82) is 5.41 Å². The Hall–Kier alpha value is -0.570. The molecule has 0 spiro atoms. The predicted molar refractivity (Wildman–Crippen MR) is 49.7 cm³/mol. The average molecular weight is 173 g/mol. The third-order valence-electron chi connectivity index (χ3n) is 1.51. The van der Waals surface area contributed by atoms with Gasteiger partial charge in [-0.3, -0.25) is 5.41 Å². The first-order valence-electron chi connectivity index (χ1n) is 4.59. The van der Waals surface area contributed by atoms with Crippen LogP contribution in [0.4, 0.5) is 0 Å². The van der Waals surface area contributed by atoms with Crippen LogP contribution in [0, 0.1) is 5.41 Å². The second kappa shape index (κ2) is 7.10. The lowest BCUT2D eigenvalue weighted by molar-refractivity contribution is 0.0813. The lowest BCUT2D eigenvalue weighted by Crippen LogP contribution is -2.25. The third kappa shape index (κ3) is 4.34. The van der Waals surface area contributed by atoms with Crippen molar-refractivity contribution in [2.45, 2.75) is 39.7 Å². The van der Waals surface area contributed by atoms with Crippen molar-refractivity contribution in [3.8, 4) is 0 Å². The van der Waals surface area contributed by atoms with Gasteiger partial charge < -0.3 is 9.47 Å². The van der Waals surface area contributed by atoms with Crippen molar-refractivity contribution in [1.82, 2.24) is 0 Å². The molecule has 1 N–H and O–H groups in total. The summed E-state index contributed by atoms with van der Waals surface area (Å²) in [4.78, 5) is 0. The zero-order valence-corrected chi connectivity index (χ0v) is 8.22. The Morgan fingerprint density at radius 1 is 1.25 bits per heavy atom. The van der Waals surface area contributed by atoms with Gasteiger partial charge in [-0.25, -0.2) is 0 Å². The Morgan fingerprint density at radius 3 is 2.33 bits per heavy atom. The fraction of sp³-hybridized carbons (Fsp3) is 0.889. The average Bonchev–Trinajstić information content (AvgIpc) is 2.04. The maximum Gasteiger partial charge on any atom is 0.210 e. The molecule has 0 radical (unpaired) electrons. The topological polar surface area (TPSA) is 42.3 Å². The van der Waals surface area contributed by atoms with E-state index in [1.54, 1.807) is 0 Å². The highest BCUT2D eigenvalue weighted by molar-refractivity contribution is 5.77. The van der Waals surface area contributed by atoms with Crippen molar-refractivity contribution < 1.29 is 9.47 Å². The van der Waals surface area contributed by atoms with Crippen LogP contribution in [0.5, 0.6) is 0 Å². The van der Waals surface area contributed by atoms with Gasteiger partial charge in [0.2, 0.25) is 5.90 Å². The van der Waals surface area contributed by atoms with Gasteiger partial charge in [-0.15, -0.1) is 0 Å². The largest absolute Gasteiger partial charge is 0.480 e. The summed E-state index contributed by atoms with van der Waals surface area (Å²) < 4.78 is 10.4. The SMILES string of the molecule is CCCC(OCC)C(=N)OCC. The highest BCUT2D eigenvalue weighted by atomic mass is 16.5. The van der Waals surface area contributed by atoms with Gasteiger partial charge in [0.1, 0.15) is 6.10 Å². The molecule has 0 aromatic rings. The molecule has 0 heterocycles. The summed E-state index contributed by atoms with van der Waals surface area (Å²) in [5.74, 6) is 0.265. The summed E-state index contributed by atoms with van der Waals surface area (Å²) >= 11 is 0. The molecular formula is C9H19NO2. The van der Waals surface area contributed by atoms with Crippen LogP contribution in [0.3, 0.4) is 0 Å². The maximum absolute atomic E-state index is 7.51. The predicted octanol–water partition coefficient (Wildman–Crippen LogP) is 2.21. The molecule has 0 aliphatic rings. The van der Waals surface area contributed by atoms with E-state index in [1.807, 2.05) is 13.8 Å². The standard InChI is InChI=1S/C9H19NO2/c1-4-7-8(11-5-2)9(10)12-6-3/h8,10H,4-7H2,1-3H3. The van der Waals surface area contributed by atoms with Crippen molar-refractivity contribution in [2.24, 2.45) is 0 Å². The molecule has 0 amide bonds. The first kappa shape index (κ1) is 11.4. The van der Waals surface area contributed by atoms with E-state index < -0.39 is 0 Å². The Morgan fingerprint density at radius 2 is 1.92 bits per heavy atom. The number of nitrogens with one attached hydrogen (secondary N) is 1. The molecule has 0 aliphatic heterocycles. The summed E-state index contributed by atoms with van der Waals surface area (Å²) in [7, 11) is 0. The molecule has 0 saturated carbocycles. The minimum Gasteiger partial charge on any atom is -0.480 e. The van der Waals surface area contributed by atoms with Crippen LogP contribution < -0.4 is 0 Å². The summed E-state index contributed by atoms with van der Waals surface area (Å²) in [6.07, 6.45) is 1.74. The number of ether oxygens (including phenoxy) is 2. The zero-order valence-electron chi connectivity index (χ0n) is 8.22. The lowest BCUT2D eigenvalue weighted by atomic mass is 10.2. The molecule has 1 atom stereocenters. The third-order valence-corrected chi connectivity index (χ3v) is 1.51. The van der Waals surface area contributed by atoms with Crippen LogP contribution in [0.2, 0.25) is 0 Å². The van der Waals surface area contributed by atoms with E-state index >= 15 is 0 Å². The summed E-state index contributed by atoms with van der Waals surface area (Å²) in [5.41, 5.74) is 0. The van der Waals surface area contributed by atoms with Crippen LogP contribution in [0.1, 0.15) is 33.6 Å². The van der Waals surface area contributed by atoms with E-state index in [0.717, 1.165) is 12.8 Å². The molecule has 3 nitrogen and oxygen atoms in total. The highest BCUT2D eigenvalue weighted by Gasteiger charge is 2.14. The molecule has 0 bridgehead atoms. The van der Waals surface area contributed by atoms with Crippen molar-refractivity contribution >= 4 is 5.90 Å². The first-order chi connectivity index (χ1) is 5.76. The van der Waals surface area contributed by atoms with Crippen LogP contribution >= 0.6 is 0 Å². The van der Waals surface area contributed by atoms with Gasteiger partial charge in [0.15, 0.2) is 0 Å². The molecule has 0 fully saturated rings. The van der Waals surface area contributed by atoms with Gasteiger partial charge in [-0.05, 0) is 20.3 Å². The molecule has 1 unspecified atom stereocenters. The van der Waals surface area contributed by atoms with Crippen LogP contribution in [-0.2, 0) is 9.47 Å². The molecule has 0 aromatic carbocycles. The molecule has 72 valence electrons. The number of rotatable bonds is 6. The van der Waals surface area contributed by atoms with Gasteiger partial charge in [-0.2, -0.15) is 0 Å². The summed E-state index contributed by atoms with van der Waals surface area (Å²) in [6.45, 7) is 7.07. The molecule has 3 heteroatoms. The van der Waals surface area contributed by atoms with E-state index in [1.165, 1.54) is 0 Å². The van der Waals surface area contributed by atoms with Crippen LogP contribution in [0.25, 0.3) is 0 Å². The molecule has 0 saturated heterocycles. The molecule has 0 aliphatic carbocycles. The van der Waals surface area contributed by atoms with Crippen LogP contribution in [0.15, 0.2) is 0 Å². The van der Waals surface area contributed by atoms with Gasteiger partial charge in [0.05, 0.1) is 6.61 Å². The van der Waals surface area contributed by atoms with Gasteiger partial charge in [0.25, 0.3) is 0 Å². The Kier molecular flexibility index (Phi) is 6.76. The monoisotopic (exact) mass is 173 g/mol. The summed E-state index contributed by atoms with van der Waals surface area (Å²) in [6, 6.07) is 0. The minimum absolute atomic E-state index is 0.139. The second-order valence-corrected chi connectivity index (χ2v) is 2.53. The van der Waals surface area contributed by atoms with E-state index in [-0.39, 0.29) is 12.0 Å². The van der Waals surface area contributed by atoms with Crippen molar-refractivity contribution in [3.63, 3.8) is 0 Å². The van der Waals surface area contributed by atoms with Gasteiger partial charge >= 0.3 is 0 Å². The Balaban J connectivity index is 3.81. The van der Waals surface area contributed by atoms with Crippen molar-refractivity contribution in [2.75, 3.05) is 13.2 Å². The second-order valence-electron chi connectivity index (χ2n) is 2.53. The minimum atomic E-state index is -0.139. The fourth-order valence-corrected chi connectivity index (χ4v) is 1.00. The molecule has 0 aromatic heterocycles. The Bertz CT molecular complexity index is 120. The van der Waals surface area contributed by atoms with E-state index in [0.29, 0.717) is 13.2 Å². The van der Waals surface area contributed by atoms with E-state index in [2.05, 4.69) is 6.92 Å². The highest BCUT2D eigenvalue weighted by Crippen LogP contribution is 2.04. The number of hydrogen-bond acceptors (Lipinski definition) is 3. The quantitative estimate of drug-likeness (QED) is 0.494. The lowest BCUT2D eigenvalue weighted by Gasteiger charge is -2.16. The van der Waals surface area contributed by atoms with Crippen molar-refractivity contribution in [3.05, 3.63) is 0 Å². The molecular weight excluding hydrogens is 154 g/mol. The van der Waals surface area contributed by atoms with E-state index in [9.17, 15) is 0 Å². The molecule has 12 heavy (non-hydrogen) atoms. The fourth-order valence-electron chi connectivity index (χ4n) is 1.00. The van der Waals surface area contributed by atoms with Crippen LogP contribution in [-0.4, -0.2) is 25.2 Å². The smallest absolute Gasteiger partial charge is 0.210 e. The summed E-state index contributed by atoms with van der Waals surface area (Å²) in [5, 5.41) is 7.51. The molecule has 0 rings (SSSR count). The van der Waals surface area contributed by atoms with E-state index in [4.69, 9.17) is 14.9 Å². The van der Waals surface area contributed by atoms with Gasteiger partial charge in [0, 0.05) is 6.61 Å². The Labute approximate surface area is 74.6 Å². The first-order valence-corrected chi connectivity index (χ1v) is 4.59. The van der Waals surface area contributed by atoms with Gasteiger partial charge in [-0.1, -0.05) is 13.3 Å². The number of hydrogen-bond donors (Lipinski definition) is 1. The zero-order chi connectivity index (χ0) is 9.40.